The van der Waals surface area contributed by atoms with Crippen LogP contribution < -0.4 is 19.7 Å². The second-order valence-corrected chi connectivity index (χ2v) is 11.1. The van der Waals surface area contributed by atoms with Gasteiger partial charge in [0.2, 0.25) is 10.0 Å². The number of anilines is 2. The quantitative estimate of drug-likeness (QED) is 0.458. The Morgan fingerprint density at radius 3 is 2.47 bits per heavy atom. The van der Waals surface area contributed by atoms with E-state index in [1.54, 1.807) is 72.8 Å². The van der Waals surface area contributed by atoms with Crippen molar-refractivity contribution in [2.24, 2.45) is 0 Å². The second-order valence-electron chi connectivity index (χ2n) is 9.23. The number of benzene rings is 3. The maximum absolute atomic E-state index is 13.4. The van der Waals surface area contributed by atoms with E-state index in [-0.39, 0.29) is 30.1 Å². The summed E-state index contributed by atoms with van der Waals surface area (Å²) in [6.07, 6.45) is 0.720. The summed E-state index contributed by atoms with van der Waals surface area (Å²) < 4.78 is 39.6. The van der Waals surface area contributed by atoms with Gasteiger partial charge in [-0.15, -0.1) is 0 Å². The van der Waals surface area contributed by atoms with Crippen molar-refractivity contribution in [1.29, 1.82) is 0 Å². The highest BCUT2D eigenvalue weighted by Gasteiger charge is 2.37. The van der Waals surface area contributed by atoms with Gasteiger partial charge in [0.15, 0.2) is 6.10 Å². The van der Waals surface area contributed by atoms with Gasteiger partial charge >= 0.3 is 0 Å². The van der Waals surface area contributed by atoms with E-state index in [0.717, 1.165) is 12.8 Å². The van der Waals surface area contributed by atoms with E-state index in [0.29, 0.717) is 35.7 Å². The van der Waals surface area contributed by atoms with E-state index < -0.39 is 22.0 Å². The summed E-state index contributed by atoms with van der Waals surface area (Å²) in [5, 5.41) is 5.63. The molecule has 0 bridgehead atoms. The van der Waals surface area contributed by atoms with Crippen molar-refractivity contribution in [3.63, 3.8) is 0 Å². The van der Waals surface area contributed by atoms with E-state index in [1.807, 2.05) is 6.07 Å². The largest absolute Gasteiger partial charge is 0.476 e. The van der Waals surface area contributed by atoms with Crippen LogP contribution >= 0.6 is 0 Å². The van der Waals surface area contributed by atoms with E-state index >= 15 is 0 Å². The minimum atomic E-state index is -3.83. The fraction of sp³-hybridized carbons (Fsp3) is 0.286. The topological polar surface area (TPSA) is 114 Å². The molecule has 0 spiro atoms. The summed E-state index contributed by atoms with van der Waals surface area (Å²) in [5.74, 6) is -0.820. The molecule has 0 saturated carbocycles. The highest BCUT2D eigenvalue weighted by molar-refractivity contribution is 7.92. The van der Waals surface area contributed by atoms with Gasteiger partial charge in [0.1, 0.15) is 5.75 Å². The van der Waals surface area contributed by atoms with Crippen LogP contribution in [0, 0.1) is 0 Å². The first kappa shape index (κ1) is 25.7. The zero-order chi connectivity index (χ0) is 26.5. The molecule has 0 radical (unpaired) electrons. The molecule has 1 saturated heterocycles. The SMILES string of the molecule is O=C(NC[C@H]1CCCO1)c1ccccc1NC(=O)[C@@H]1CN(S(=O)(=O)Cc2ccccc2)c2ccccc2O1. The van der Waals surface area contributed by atoms with Gasteiger partial charge in [-0.05, 0) is 42.7 Å². The molecule has 198 valence electrons. The van der Waals surface area contributed by atoms with Crippen LogP contribution in [-0.4, -0.2) is 52.1 Å². The van der Waals surface area contributed by atoms with Crippen LogP contribution in [0.4, 0.5) is 11.4 Å². The highest BCUT2D eigenvalue weighted by Crippen LogP contribution is 2.36. The Kier molecular flexibility index (Phi) is 7.62. The lowest BCUT2D eigenvalue weighted by atomic mass is 10.1. The van der Waals surface area contributed by atoms with Gasteiger partial charge in [-0.25, -0.2) is 8.42 Å². The van der Waals surface area contributed by atoms with Crippen LogP contribution in [0.2, 0.25) is 0 Å². The molecule has 2 amide bonds. The number of nitrogens with one attached hydrogen (secondary N) is 2. The molecule has 2 aliphatic heterocycles. The number of amides is 2. The molecule has 3 aromatic carbocycles. The molecule has 9 nitrogen and oxygen atoms in total. The average molecular weight is 536 g/mol. The smallest absolute Gasteiger partial charge is 0.267 e. The monoisotopic (exact) mass is 535 g/mol. The Balaban J connectivity index is 1.33. The molecule has 10 heteroatoms. The van der Waals surface area contributed by atoms with Crippen LogP contribution in [0.25, 0.3) is 0 Å². The number of sulfonamides is 1. The molecule has 2 aliphatic rings. The van der Waals surface area contributed by atoms with Crippen molar-refractivity contribution in [2.45, 2.75) is 30.8 Å². The first-order valence-corrected chi connectivity index (χ1v) is 14.1. The second kappa shape index (κ2) is 11.2. The normalized spacial score (nSPS) is 18.8. The van der Waals surface area contributed by atoms with Gasteiger partial charge in [-0.3, -0.25) is 13.9 Å². The minimum Gasteiger partial charge on any atom is -0.476 e. The van der Waals surface area contributed by atoms with Gasteiger partial charge in [0, 0.05) is 13.2 Å². The van der Waals surface area contributed by atoms with E-state index in [2.05, 4.69) is 10.6 Å². The van der Waals surface area contributed by atoms with E-state index in [4.69, 9.17) is 9.47 Å². The zero-order valence-corrected chi connectivity index (χ0v) is 21.5. The minimum absolute atomic E-state index is 0.0137. The number of hydrogen-bond donors (Lipinski definition) is 2. The molecule has 2 heterocycles. The Morgan fingerprint density at radius 2 is 1.68 bits per heavy atom. The van der Waals surface area contributed by atoms with E-state index in [9.17, 15) is 18.0 Å². The number of nitrogens with zero attached hydrogens (tertiary/aromatic N) is 1. The fourth-order valence-electron chi connectivity index (χ4n) is 4.58. The molecule has 0 aromatic heterocycles. The predicted molar refractivity (Wildman–Crippen MR) is 144 cm³/mol. The summed E-state index contributed by atoms with van der Waals surface area (Å²) in [6.45, 7) is 0.874. The number of carbonyl (C=O) groups is 2. The first-order chi connectivity index (χ1) is 18.4. The molecule has 0 aliphatic carbocycles. The number of para-hydroxylation sites is 3. The van der Waals surface area contributed by atoms with E-state index in [1.165, 1.54) is 4.31 Å². The first-order valence-electron chi connectivity index (χ1n) is 12.5. The molecule has 2 N–H and O–H groups in total. The third-order valence-electron chi connectivity index (χ3n) is 6.50. The number of carbonyl (C=O) groups excluding carboxylic acids is 2. The van der Waals surface area contributed by atoms with Crippen molar-refractivity contribution in [2.75, 3.05) is 29.3 Å². The van der Waals surface area contributed by atoms with Gasteiger partial charge in [0.05, 0.1) is 35.3 Å². The van der Waals surface area contributed by atoms with Crippen molar-refractivity contribution >= 4 is 33.2 Å². The van der Waals surface area contributed by atoms with Gasteiger partial charge in [-0.2, -0.15) is 0 Å². The lowest BCUT2D eigenvalue weighted by molar-refractivity contribution is -0.122. The number of rotatable bonds is 8. The van der Waals surface area contributed by atoms with Crippen LogP contribution in [0.5, 0.6) is 5.75 Å². The summed E-state index contributed by atoms with van der Waals surface area (Å²) in [6, 6.07) is 22.3. The summed E-state index contributed by atoms with van der Waals surface area (Å²) in [5.41, 5.74) is 1.62. The van der Waals surface area contributed by atoms with Crippen molar-refractivity contribution < 1.29 is 27.5 Å². The van der Waals surface area contributed by atoms with Gasteiger partial charge in [-0.1, -0.05) is 54.6 Å². The van der Waals surface area contributed by atoms with Crippen LogP contribution in [0.15, 0.2) is 78.9 Å². The summed E-state index contributed by atoms with van der Waals surface area (Å²) in [7, 11) is -3.83. The maximum Gasteiger partial charge on any atom is 0.267 e. The van der Waals surface area contributed by atoms with Gasteiger partial charge in [0.25, 0.3) is 11.8 Å². The molecule has 38 heavy (non-hydrogen) atoms. The predicted octanol–water partition coefficient (Wildman–Crippen LogP) is 3.33. The maximum atomic E-state index is 13.4. The Hall–Kier alpha value is -3.89. The van der Waals surface area contributed by atoms with Crippen molar-refractivity contribution in [3.05, 3.63) is 90.0 Å². The standard InChI is InChI=1S/C28H29N3O6S/c32-27(29-17-21-11-8-16-36-21)22-12-4-5-13-23(22)30-28(33)26-18-31(24-14-6-7-15-25(24)37-26)38(34,35)19-20-9-2-1-3-10-20/h1-7,9-10,12-15,21,26H,8,11,16-19H2,(H,29,32)(H,30,33)/t21-,26+/m1/s1. The molecule has 5 rings (SSSR count). The Bertz CT molecular complexity index is 1410. The number of ether oxygens (including phenoxy) is 2. The highest BCUT2D eigenvalue weighted by atomic mass is 32.2. The van der Waals surface area contributed by atoms with Crippen LogP contribution in [-0.2, 0) is 25.3 Å². The average Bonchev–Trinajstić information content (AvgIpc) is 3.45. The molecule has 1 fully saturated rings. The molecule has 2 atom stereocenters. The summed E-state index contributed by atoms with van der Waals surface area (Å²) >= 11 is 0. The molecule has 0 unspecified atom stereocenters. The molecular formula is C28H29N3O6S. The molecule has 3 aromatic rings. The Labute approximate surface area is 221 Å². The van der Waals surface area contributed by atoms with Crippen LogP contribution in [0.1, 0.15) is 28.8 Å². The lowest BCUT2D eigenvalue weighted by Crippen LogP contribution is -2.49. The third kappa shape index (κ3) is 5.81. The van der Waals surface area contributed by atoms with Crippen LogP contribution in [0.3, 0.4) is 0 Å². The third-order valence-corrected chi connectivity index (χ3v) is 8.21. The number of hydrogen-bond acceptors (Lipinski definition) is 6. The van der Waals surface area contributed by atoms with Crippen molar-refractivity contribution in [3.8, 4) is 5.75 Å². The lowest BCUT2D eigenvalue weighted by Gasteiger charge is -2.34. The molecular weight excluding hydrogens is 506 g/mol. The van der Waals surface area contributed by atoms with Gasteiger partial charge < -0.3 is 20.1 Å². The Morgan fingerprint density at radius 1 is 0.947 bits per heavy atom. The van der Waals surface area contributed by atoms with Crippen molar-refractivity contribution in [1.82, 2.24) is 5.32 Å². The fourth-order valence-corrected chi connectivity index (χ4v) is 6.16. The summed E-state index contributed by atoms with van der Waals surface area (Å²) in [4.78, 5) is 26.2. The zero-order valence-electron chi connectivity index (χ0n) is 20.7. The number of fused-ring (bicyclic) bond motifs is 1.